The second-order valence-electron chi connectivity index (χ2n) is 5.95. The van der Waals surface area contributed by atoms with E-state index in [1.807, 2.05) is 0 Å². The third-order valence-electron chi connectivity index (χ3n) is 3.21. The van der Waals surface area contributed by atoms with Crippen LogP contribution in [0.2, 0.25) is 0 Å². The minimum absolute atomic E-state index is 0.438. The van der Waals surface area contributed by atoms with Crippen LogP contribution in [0.15, 0.2) is 0 Å². The summed E-state index contributed by atoms with van der Waals surface area (Å²) < 4.78 is 10.5. The van der Waals surface area contributed by atoms with Crippen LogP contribution in [0.25, 0.3) is 0 Å². The van der Waals surface area contributed by atoms with Gasteiger partial charge in [-0.05, 0) is 31.8 Å². The van der Waals surface area contributed by atoms with E-state index in [4.69, 9.17) is 9.47 Å². The predicted molar refractivity (Wildman–Crippen MR) is 81.7 cm³/mol. The van der Waals surface area contributed by atoms with Crippen LogP contribution in [0.3, 0.4) is 0 Å². The van der Waals surface area contributed by atoms with E-state index in [-0.39, 0.29) is 0 Å². The molecule has 4 nitrogen and oxygen atoms in total. The minimum Gasteiger partial charge on any atom is -0.383 e. The smallest absolute Gasteiger partial charge is 0.0615 e. The fourth-order valence-electron chi connectivity index (χ4n) is 2.13. The second-order valence-corrected chi connectivity index (χ2v) is 5.95. The minimum atomic E-state index is 0.438. The Morgan fingerprint density at radius 2 is 1.68 bits per heavy atom. The number of nitrogens with zero attached hydrogens (tertiary/aromatic N) is 1. The number of hydrogen-bond acceptors (Lipinski definition) is 4. The molecule has 2 atom stereocenters. The van der Waals surface area contributed by atoms with Crippen LogP contribution in [0, 0.1) is 11.8 Å². The van der Waals surface area contributed by atoms with E-state index in [1.54, 1.807) is 14.2 Å². The zero-order chi connectivity index (χ0) is 14.7. The molecule has 0 amide bonds. The Kier molecular flexibility index (Phi) is 11.6. The molecule has 1 N–H and O–H groups in total. The molecule has 0 rings (SSSR count). The highest BCUT2D eigenvalue weighted by Crippen LogP contribution is 2.05. The van der Waals surface area contributed by atoms with Gasteiger partial charge in [-0.15, -0.1) is 0 Å². The summed E-state index contributed by atoms with van der Waals surface area (Å²) in [5, 5.41) is 3.53. The van der Waals surface area contributed by atoms with Crippen molar-refractivity contribution in [3.63, 3.8) is 0 Å². The highest BCUT2D eigenvalue weighted by atomic mass is 16.5. The van der Waals surface area contributed by atoms with Gasteiger partial charge in [0.1, 0.15) is 0 Å². The number of rotatable bonds is 12. The maximum absolute atomic E-state index is 5.26. The van der Waals surface area contributed by atoms with E-state index in [1.165, 1.54) is 0 Å². The van der Waals surface area contributed by atoms with Crippen LogP contribution in [0.1, 0.15) is 27.7 Å². The maximum atomic E-state index is 5.26. The van der Waals surface area contributed by atoms with Gasteiger partial charge in [0.05, 0.1) is 13.2 Å². The predicted octanol–water partition coefficient (Wildman–Crippen LogP) is 1.85. The average Bonchev–Trinajstić information content (AvgIpc) is 2.34. The molecule has 19 heavy (non-hydrogen) atoms. The monoisotopic (exact) mass is 274 g/mol. The lowest BCUT2D eigenvalue weighted by molar-refractivity contribution is 0.0664. The fourth-order valence-corrected chi connectivity index (χ4v) is 2.13. The molecule has 116 valence electrons. The van der Waals surface area contributed by atoms with Gasteiger partial charge in [0.25, 0.3) is 0 Å². The first kappa shape index (κ1) is 18.8. The Hall–Kier alpha value is -0.160. The summed E-state index contributed by atoms with van der Waals surface area (Å²) in [6, 6.07) is 0.438. The van der Waals surface area contributed by atoms with Crippen LogP contribution in [-0.4, -0.2) is 64.6 Å². The van der Waals surface area contributed by atoms with E-state index < -0.39 is 0 Å². The molecule has 0 aromatic carbocycles. The standard InChI is InChI=1S/C15H34N2O2/c1-13(2)9-16-10-14(3)11-17(7-8-18-5)15(4)12-19-6/h13-16H,7-12H2,1-6H3. The summed E-state index contributed by atoms with van der Waals surface area (Å²) in [5.74, 6) is 1.35. The third-order valence-corrected chi connectivity index (χ3v) is 3.21. The lowest BCUT2D eigenvalue weighted by Gasteiger charge is -2.31. The van der Waals surface area contributed by atoms with Crippen molar-refractivity contribution in [1.29, 1.82) is 0 Å². The van der Waals surface area contributed by atoms with Gasteiger partial charge in [0.15, 0.2) is 0 Å². The van der Waals surface area contributed by atoms with Crippen molar-refractivity contribution in [1.82, 2.24) is 10.2 Å². The second kappa shape index (κ2) is 11.6. The third kappa shape index (κ3) is 10.3. The Morgan fingerprint density at radius 1 is 1.00 bits per heavy atom. The van der Waals surface area contributed by atoms with Gasteiger partial charge in [-0.3, -0.25) is 4.90 Å². The zero-order valence-electron chi connectivity index (χ0n) is 13.7. The van der Waals surface area contributed by atoms with Crippen molar-refractivity contribution in [2.45, 2.75) is 33.7 Å². The molecule has 0 fully saturated rings. The Balaban J connectivity index is 4.06. The lowest BCUT2D eigenvalue weighted by Crippen LogP contribution is -2.43. The molecule has 0 aliphatic carbocycles. The molecule has 4 heteroatoms. The molecule has 0 saturated carbocycles. The van der Waals surface area contributed by atoms with Gasteiger partial charge in [-0.1, -0.05) is 20.8 Å². The summed E-state index contributed by atoms with van der Waals surface area (Å²) in [7, 11) is 3.52. The molecule has 0 bridgehead atoms. The topological polar surface area (TPSA) is 33.7 Å². The van der Waals surface area contributed by atoms with Gasteiger partial charge >= 0.3 is 0 Å². The summed E-state index contributed by atoms with van der Waals surface area (Å²) in [6.45, 7) is 14.8. The first-order valence-electron chi connectivity index (χ1n) is 7.43. The van der Waals surface area contributed by atoms with E-state index in [0.29, 0.717) is 17.9 Å². The lowest BCUT2D eigenvalue weighted by atomic mass is 10.1. The first-order chi connectivity index (χ1) is 9.01. The van der Waals surface area contributed by atoms with Crippen LogP contribution >= 0.6 is 0 Å². The fraction of sp³-hybridized carbons (Fsp3) is 1.00. The normalized spacial score (nSPS) is 15.2. The highest BCUT2D eigenvalue weighted by molar-refractivity contribution is 4.71. The number of hydrogen-bond donors (Lipinski definition) is 1. The van der Waals surface area contributed by atoms with Gasteiger partial charge in [-0.25, -0.2) is 0 Å². The molecule has 0 spiro atoms. The molecule has 2 unspecified atom stereocenters. The summed E-state index contributed by atoms with van der Waals surface area (Å²) in [4.78, 5) is 2.45. The largest absolute Gasteiger partial charge is 0.383 e. The number of nitrogens with one attached hydrogen (secondary N) is 1. The Bertz CT molecular complexity index is 201. The molecule has 0 aromatic rings. The van der Waals surface area contributed by atoms with Crippen LogP contribution < -0.4 is 5.32 Å². The van der Waals surface area contributed by atoms with Crippen molar-refractivity contribution < 1.29 is 9.47 Å². The Labute approximate surface area is 119 Å². The van der Waals surface area contributed by atoms with Crippen LogP contribution in [-0.2, 0) is 9.47 Å². The van der Waals surface area contributed by atoms with Gasteiger partial charge < -0.3 is 14.8 Å². The van der Waals surface area contributed by atoms with E-state index in [9.17, 15) is 0 Å². The number of ether oxygens (including phenoxy) is 2. The van der Waals surface area contributed by atoms with Crippen molar-refractivity contribution >= 4 is 0 Å². The summed E-state index contributed by atoms with van der Waals surface area (Å²) in [6.07, 6.45) is 0. The first-order valence-corrected chi connectivity index (χ1v) is 7.43. The van der Waals surface area contributed by atoms with Gasteiger partial charge in [0.2, 0.25) is 0 Å². The average molecular weight is 274 g/mol. The molecule has 0 saturated heterocycles. The van der Waals surface area contributed by atoms with Gasteiger partial charge in [-0.2, -0.15) is 0 Å². The molecule has 0 aliphatic heterocycles. The van der Waals surface area contributed by atoms with Gasteiger partial charge in [0, 0.05) is 33.4 Å². The number of methoxy groups -OCH3 is 2. The van der Waals surface area contributed by atoms with Crippen molar-refractivity contribution in [2.75, 3.05) is 53.6 Å². The molecule has 0 aliphatic rings. The van der Waals surface area contributed by atoms with E-state index >= 15 is 0 Å². The van der Waals surface area contributed by atoms with E-state index in [2.05, 4.69) is 37.9 Å². The van der Waals surface area contributed by atoms with Crippen LogP contribution in [0.4, 0.5) is 0 Å². The molecule has 0 radical (unpaired) electrons. The zero-order valence-corrected chi connectivity index (χ0v) is 13.7. The maximum Gasteiger partial charge on any atom is 0.0615 e. The SMILES string of the molecule is COCCN(CC(C)CNCC(C)C)C(C)COC. The Morgan fingerprint density at radius 3 is 2.21 bits per heavy atom. The summed E-state index contributed by atoms with van der Waals surface area (Å²) in [5.41, 5.74) is 0. The molecular formula is C15H34N2O2. The van der Waals surface area contributed by atoms with Crippen molar-refractivity contribution in [3.05, 3.63) is 0 Å². The highest BCUT2D eigenvalue weighted by Gasteiger charge is 2.16. The van der Waals surface area contributed by atoms with Crippen molar-refractivity contribution in [3.8, 4) is 0 Å². The molecule has 0 heterocycles. The van der Waals surface area contributed by atoms with Crippen LogP contribution in [0.5, 0.6) is 0 Å². The molecular weight excluding hydrogens is 240 g/mol. The summed E-state index contributed by atoms with van der Waals surface area (Å²) >= 11 is 0. The van der Waals surface area contributed by atoms with E-state index in [0.717, 1.165) is 39.4 Å². The quantitative estimate of drug-likeness (QED) is 0.589. The van der Waals surface area contributed by atoms with Crippen molar-refractivity contribution in [2.24, 2.45) is 11.8 Å². The molecule has 0 aromatic heterocycles.